The molecule has 0 fully saturated rings. The van der Waals surface area contributed by atoms with Gasteiger partial charge in [-0.15, -0.1) is 0 Å². The van der Waals surface area contributed by atoms with E-state index in [-0.39, 0.29) is 11.9 Å². The molecule has 2 aromatic carbocycles. The summed E-state index contributed by atoms with van der Waals surface area (Å²) in [6, 6.07) is 15.1. The number of carbonyl (C=O) groups is 1. The zero-order valence-corrected chi connectivity index (χ0v) is 12.9. The first-order valence-corrected chi connectivity index (χ1v) is 7.69. The van der Waals surface area contributed by atoms with E-state index in [2.05, 4.69) is 66.9 Å². The molecule has 0 saturated carbocycles. The lowest BCUT2D eigenvalue weighted by molar-refractivity contribution is -0.121. The predicted molar refractivity (Wildman–Crippen MR) is 88.3 cm³/mol. The van der Waals surface area contributed by atoms with Crippen LogP contribution >= 0.6 is 0 Å². The minimum absolute atomic E-state index is 0.120. The Morgan fingerprint density at radius 1 is 1.10 bits per heavy atom. The summed E-state index contributed by atoms with van der Waals surface area (Å²) in [5.74, 6) is 0.120. The van der Waals surface area contributed by atoms with Crippen LogP contribution in [0.3, 0.4) is 0 Å². The number of nitrogens with one attached hydrogen (secondary N) is 2. The van der Waals surface area contributed by atoms with Crippen molar-refractivity contribution in [1.29, 1.82) is 0 Å². The van der Waals surface area contributed by atoms with E-state index < -0.39 is 0 Å². The Morgan fingerprint density at radius 2 is 1.86 bits per heavy atom. The summed E-state index contributed by atoms with van der Waals surface area (Å²) < 4.78 is 0. The van der Waals surface area contributed by atoms with Crippen LogP contribution < -0.4 is 10.6 Å². The Hall–Kier alpha value is -1.87. The lowest BCUT2D eigenvalue weighted by atomic mass is 10.0. The van der Waals surface area contributed by atoms with Crippen molar-refractivity contribution < 1.29 is 4.79 Å². The molecule has 2 aromatic rings. The van der Waals surface area contributed by atoms with Gasteiger partial charge in [-0.1, -0.05) is 43.3 Å². The Bertz CT molecular complexity index is 595. The van der Waals surface area contributed by atoms with Crippen LogP contribution in [0.1, 0.15) is 38.3 Å². The molecule has 0 spiro atoms. The molecule has 1 unspecified atom stereocenters. The Balaban J connectivity index is 1.87. The first-order chi connectivity index (χ1) is 10.2. The first-order valence-electron chi connectivity index (χ1n) is 7.69. The van der Waals surface area contributed by atoms with Crippen LogP contribution in [0, 0.1) is 0 Å². The SMILES string of the molecule is CCCNC(=O)CCNC(C)c1ccc2ccccc2c1. The Morgan fingerprint density at radius 3 is 2.62 bits per heavy atom. The largest absolute Gasteiger partial charge is 0.356 e. The molecule has 0 saturated heterocycles. The standard InChI is InChI=1S/C18H24N2O/c1-3-11-20-18(21)10-12-19-14(2)16-9-8-15-6-4-5-7-17(15)13-16/h4-9,13-14,19H,3,10-12H2,1-2H3,(H,20,21). The highest BCUT2D eigenvalue weighted by atomic mass is 16.1. The van der Waals surface area contributed by atoms with Gasteiger partial charge in [-0.05, 0) is 35.7 Å². The van der Waals surface area contributed by atoms with Gasteiger partial charge in [-0.2, -0.15) is 0 Å². The average molecular weight is 284 g/mol. The number of fused-ring (bicyclic) bond motifs is 1. The van der Waals surface area contributed by atoms with Crippen molar-refractivity contribution >= 4 is 16.7 Å². The van der Waals surface area contributed by atoms with E-state index in [1.807, 2.05) is 0 Å². The van der Waals surface area contributed by atoms with E-state index in [1.165, 1.54) is 16.3 Å². The van der Waals surface area contributed by atoms with Gasteiger partial charge in [0.1, 0.15) is 0 Å². The van der Waals surface area contributed by atoms with Crippen molar-refractivity contribution in [1.82, 2.24) is 10.6 Å². The van der Waals surface area contributed by atoms with Crippen LogP contribution in [0.4, 0.5) is 0 Å². The Kier molecular flexibility index (Phi) is 5.76. The van der Waals surface area contributed by atoms with Crippen LogP contribution in [-0.2, 0) is 4.79 Å². The highest BCUT2D eigenvalue weighted by Gasteiger charge is 2.06. The third-order valence-electron chi connectivity index (χ3n) is 3.65. The molecule has 3 nitrogen and oxygen atoms in total. The van der Waals surface area contributed by atoms with Crippen LogP contribution in [0.2, 0.25) is 0 Å². The number of amides is 1. The summed E-state index contributed by atoms with van der Waals surface area (Å²) in [7, 11) is 0. The topological polar surface area (TPSA) is 41.1 Å². The smallest absolute Gasteiger partial charge is 0.221 e. The van der Waals surface area contributed by atoms with Crippen molar-refractivity contribution in [3.63, 3.8) is 0 Å². The molecule has 0 radical (unpaired) electrons. The second-order valence-corrected chi connectivity index (χ2v) is 5.38. The molecule has 0 bridgehead atoms. The maximum Gasteiger partial charge on any atom is 0.221 e. The monoisotopic (exact) mass is 284 g/mol. The molecule has 0 aliphatic carbocycles. The summed E-state index contributed by atoms with van der Waals surface area (Å²) >= 11 is 0. The van der Waals surface area contributed by atoms with E-state index in [1.54, 1.807) is 0 Å². The molecular formula is C18H24N2O. The second kappa shape index (κ2) is 7.79. The van der Waals surface area contributed by atoms with Crippen molar-refractivity contribution in [3.05, 3.63) is 48.0 Å². The van der Waals surface area contributed by atoms with E-state index in [9.17, 15) is 4.79 Å². The number of rotatable bonds is 7. The molecule has 3 heteroatoms. The fourth-order valence-corrected chi connectivity index (χ4v) is 2.35. The van der Waals surface area contributed by atoms with Gasteiger partial charge in [0.25, 0.3) is 0 Å². The van der Waals surface area contributed by atoms with Gasteiger partial charge in [0.2, 0.25) is 5.91 Å². The van der Waals surface area contributed by atoms with Gasteiger partial charge in [0.05, 0.1) is 0 Å². The molecule has 1 amide bonds. The van der Waals surface area contributed by atoms with Crippen LogP contribution in [0.15, 0.2) is 42.5 Å². The lowest BCUT2D eigenvalue weighted by Crippen LogP contribution is -2.29. The van der Waals surface area contributed by atoms with E-state index >= 15 is 0 Å². The average Bonchev–Trinajstić information content (AvgIpc) is 2.52. The quantitative estimate of drug-likeness (QED) is 0.818. The van der Waals surface area contributed by atoms with Crippen molar-refractivity contribution in [2.75, 3.05) is 13.1 Å². The lowest BCUT2D eigenvalue weighted by Gasteiger charge is -2.15. The number of hydrogen-bond donors (Lipinski definition) is 2. The molecule has 21 heavy (non-hydrogen) atoms. The van der Waals surface area contributed by atoms with E-state index in [0.29, 0.717) is 13.0 Å². The minimum Gasteiger partial charge on any atom is -0.356 e. The molecule has 0 aliphatic rings. The number of hydrogen-bond acceptors (Lipinski definition) is 2. The highest BCUT2D eigenvalue weighted by molar-refractivity contribution is 5.83. The maximum absolute atomic E-state index is 11.5. The summed E-state index contributed by atoms with van der Waals surface area (Å²) in [4.78, 5) is 11.5. The summed E-state index contributed by atoms with van der Waals surface area (Å²) in [6.45, 7) is 5.65. The molecule has 1 atom stereocenters. The number of benzene rings is 2. The van der Waals surface area contributed by atoms with Crippen LogP contribution in [0.25, 0.3) is 10.8 Å². The zero-order chi connectivity index (χ0) is 15.1. The second-order valence-electron chi connectivity index (χ2n) is 5.38. The normalized spacial score (nSPS) is 12.3. The van der Waals surface area contributed by atoms with Crippen molar-refractivity contribution in [3.8, 4) is 0 Å². The molecule has 0 heterocycles. The Labute approximate surface area is 126 Å². The van der Waals surface area contributed by atoms with Crippen LogP contribution in [-0.4, -0.2) is 19.0 Å². The summed E-state index contributed by atoms with van der Waals surface area (Å²) in [5.41, 5.74) is 1.25. The fraction of sp³-hybridized carbons (Fsp3) is 0.389. The van der Waals surface area contributed by atoms with Gasteiger partial charge in [-0.25, -0.2) is 0 Å². The predicted octanol–water partition coefficient (Wildman–Crippen LogP) is 3.41. The van der Waals surface area contributed by atoms with Gasteiger partial charge >= 0.3 is 0 Å². The fourth-order valence-electron chi connectivity index (χ4n) is 2.35. The van der Waals surface area contributed by atoms with Gasteiger partial charge in [0.15, 0.2) is 0 Å². The van der Waals surface area contributed by atoms with Crippen molar-refractivity contribution in [2.24, 2.45) is 0 Å². The molecular weight excluding hydrogens is 260 g/mol. The minimum atomic E-state index is 0.120. The highest BCUT2D eigenvalue weighted by Crippen LogP contribution is 2.20. The van der Waals surface area contributed by atoms with Gasteiger partial charge < -0.3 is 10.6 Å². The third kappa shape index (κ3) is 4.57. The summed E-state index contributed by atoms with van der Waals surface area (Å²) in [6.07, 6.45) is 1.50. The van der Waals surface area contributed by atoms with Gasteiger partial charge in [-0.3, -0.25) is 4.79 Å². The zero-order valence-electron chi connectivity index (χ0n) is 12.9. The van der Waals surface area contributed by atoms with Crippen molar-refractivity contribution in [2.45, 2.75) is 32.7 Å². The van der Waals surface area contributed by atoms with Crippen LogP contribution in [0.5, 0.6) is 0 Å². The third-order valence-corrected chi connectivity index (χ3v) is 3.65. The molecule has 112 valence electrons. The maximum atomic E-state index is 11.5. The molecule has 0 aromatic heterocycles. The molecule has 2 N–H and O–H groups in total. The number of carbonyl (C=O) groups excluding carboxylic acids is 1. The molecule has 2 rings (SSSR count). The first kappa shape index (κ1) is 15.5. The summed E-state index contributed by atoms with van der Waals surface area (Å²) in [5, 5.41) is 8.81. The van der Waals surface area contributed by atoms with Gasteiger partial charge in [0, 0.05) is 25.6 Å². The van der Waals surface area contributed by atoms with E-state index in [4.69, 9.17) is 0 Å². The molecule has 0 aliphatic heterocycles. The van der Waals surface area contributed by atoms with E-state index in [0.717, 1.165) is 13.0 Å².